The second-order valence-corrected chi connectivity index (χ2v) is 5.28. The third-order valence-corrected chi connectivity index (χ3v) is 3.95. The molecule has 0 unspecified atom stereocenters. The van der Waals surface area contributed by atoms with E-state index in [1.165, 1.54) is 0 Å². The predicted octanol–water partition coefficient (Wildman–Crippen LogP) is 3.45. The monoisotopic (exact) mass is 326 g/mol. The molecule has 3 rings (SSSR count). The molecule has 0 spiro atoms. The van der Waals surface area contributed by atoms with Crippen LogP contribution in [0.3, 0.4) is 0 Å². The molecular weight excluding hydrogens is 312 g/mol. The number of carbonyl (C=O) groups excluding carboxylic acids is 1. The number of hydrogen-bond donors (Lipinski definition) is 0. The Kier molecular flexibility index (Phi) is 4.34. The number of hydrogen-bond acceptors (Lipinski definition) is 6. The molecule has 0 aliphatic carbocycles. The highest BCUT2D eigenvalue weighted by Crippen LogP contribution is 2.26. The topological polar surface area (TPSA) is 61.3 Å². The van der Waals surface area contributed by atoms with Gasteiger partial charge in [0.15, 0.2) is 5.69 Å². The van der Waals surface area contributed by atoms with Gasteiger partial charge in [0.25, 0.3) is 0 Å². The molecule has 1 aromatic heterocycles. The summed E-state index contributed by atoms with van der Waals surface area (Å²) in [6.45, 7) is 0. The summed E-state index contributed by atoms with van der Waals surface area (Å²) in [6, 6.07) is 14.3. The Morgan fingerprint density at radius 2 is 1.43 bits per heavy atom. The summed E-state index contributed by atoms with van der Waals surface area (Å²) in [5, 5.41) is 0. The van der Waals surface area contributed by atoms with E-state index >= 15 is 0 Å². The Bertz CT molecular complexity index is 811. The van der Waals surface area contributed by atoms with Crippen LogP contribution in [0.5, 0.6) is 11.5 Å². The predicted molar refractivity (Wildman–Crippen MR) is 88.3 cm³/mol. The Balaban J connectivity index is 1.94. The Hall–Kier alpha value is -2.73. The van der Waals surface area contributed by atoms with Crippen molar-refractivity contribution >= 4 is 17.5 Å². The molecule has 0 amide bonds. The van der Waals surface area contributed by atoms with E-state index in [4.69, 9.17) is 9.47 Å². The molecule has 5 nitrogen and oxygen atoms in total. The Morgan fingerprint density at radius 1 is 0.870 bits per heavy atom. The van der Waals surface area contributed by atoms with Crippen molar-refractivity contribution in [2.45, 2.75) is 0 Å². The fraction of sp³-hybridized carbons (Fsp3) is 0.118. The summed E-state index contributed by atoms with van der Waals surface area (Å²) in [5.41, 5.74) is 2.31. The zero-order valence-electron chi connectivity index (χ0n) is 12.6. The van der Waals surface area contributed by atoms with Gasteiger partial charge < -0.3 is 9.47 Å². The summed E-state index contributed by atoms with van der Waals surface area (Å²) in [6.07, 6.45) is 0. The van der Waals surface area contributed by atoms with Crippen molar-refractivity contribution < 1.29 is 14.3 Å². The van der Waals surface area contributed by atoms with Gasteiger partial charge in [0.1, 0.15) is 17.2 Å². The number of methoxy groups -OCH3 is 2. The van der Waals surface area contributed by atoms with Crippen LogP contribution < -0.4 is 9.47 Å². The van der Waals surface area contributed by atoms with E-state index in [1.54, 1.807) is 38.5 Å². The van der Waals surface area contributed by atoms with Crippen molar-refractivity contribution in [3.05, 3.63) is 59.8 Å². The number of nitrogens with zero attached hydrogens (tertiary/aromatic N) is 2. The van der Waals surface area contributed by atoms with E-state index in [1.807, 2.05) is 24.3 Å². The SMILES string of the molecule is COc1ccc(C(=O)c2nsnc2-c2ccc(OC)cc2)cc1. The molecule has 6 heteroatoms. The molecule has 0 aliphatic rings. The van der Waals surface area contributed by atoms with Gasteiger partial charge in [-0.3, -0.25) is 4.79 Å². The second kappa shape index (κ2) is 6.58. The molecule has 3 aromatic rings. The Labute approximate surface area is 137 Å². The number of benzene rings is 2. The fourth-order valence-electron chi connectivity index (χ4n) is 2.15. The van der Waals surface area contributed by atoms with E-state index in [2.05, 4.69) is 8.75 Å². The minimum atomic E-state index is -0.160. The molecule has 1 heterocycles. The molecule has 0 saturated heterocycles. The lowest BCUT2D eigenvalue weighted by atomic mass is 10.0. The minimum Gasteiger partial charge on any atom is -0.497 e. The summed E-state index contributed by atoms with van der Waals surface area (Å²) >= 11 is 1.02. The zero-order chi connectivity index (χ0) is 16.2. The lowest BCUT2D eigenvalue weighted by molar-refractivity contribution is 0.103. The highest BCUT2D eigenvalue weighted by molar-refractivity contribution is 6.99. The molecule has 23 heavy (non-hydrogen) atoms. The maximum absolute atomic E-state index is 12.7. The summed E-state index contributed by atoms with van der Waals surface area (Å²) in [7, 11) is 3.20. The van der Waals surface area contributed by atoms with Crippen LogP contribution in [0.15, 0.2) is 48.5 Å². The van der Waals surface area contributed by atoms with E-state index in [0.29, 0.717) is 22.7 Å². The summed E-state index contributed by atoms with van der Waals surface area (Å²) < 4.78 is 18.7. The van der Waals surface area contributed by atoms with Gasteiger partial charge in [-0.1, -0.05) is 0 Å². The van der Waals surface area contributed by atoms with Crippen LogP contribution in [-0.2, 0) is 0 Å². The Morgan fingerprint density at radius 3 is 2.00 bits per heavy atom. The van der Waals surface area contributed by atoms with Crippen LogP contribution in [0.4, 0.5) is 0 Å². The van der Waals surface area contributed by atoms with Crippen LogP contribution in [0, 0.1) is 0 Å². The molecule has 0 N–H and O–H groups in total. The molecule has 0 atom stereocenters. The molecule has 0 saturated carbocycles. The lowest BCUT2D eigenvalue weighted by Crippen LogP contribution is -2.03. The maximum Gasteiger partial charge on any atom is 0.214 e. The van der Waals surface area contributed by atoms with Gasteiger partial charge >= 0.3 is 0 Å². The first kappa shape index (κ1) is 15.2. The average Bonchev–Trinajstić information content (AvgIpc) is 3.11. The van der Waals surface area contributed by atoms with Crippen molar-refractivity contribution in [2.24, 2.45) is 0 Å². The van der Waals surface area contributed by atoms with Gasteiger partial charge in [0, 0.05) is 11.1 Å². The van der Waals surface area contributed by atoms with Crippen LogP contribution in [0.2, 0.25) is 0 Å². The van der Waals surface area contributed by atoms with Crippen LogP contribution in [-0.4, -0.2) is 28.7 Å². The number of rotatable bonds is 5. The molecule has 0 fully saturated rings. The highest BCUT2D eigenvalue weighted by atomic mass is 32.1. The minimum absolute atomic E-state index is 0.160. The quantitative estimate of drug-likeness (QED) is 0.672. The molecule has 116 valence electrons. The lowest BCUT2D eigenvalue weighted by Gasteiger charge is -2.04. The molecule has 0 radical (unpaired) electrons. The summed E-state index contributed by atoms with van der Waals surface area (Å²) in [5.74, 6) is 1.29. The van der Waals surface area contributed by atoms with Gasteiger partial charge in [-0.05, 0) is 48.5 Å². The van der Waals surface area contributed by atoms with Crippen LogP contribution in [0.1, 0.15) is 16.1 Å². The largest absolute Gasteiger partial charge is 0.497 e. The van der Waals surface area contributed by atoms with Gasteiger partial charge in [-0.15, -0.1) is 0 Å². The highest BCUT2D eigenvalue weighted by Gasteiger charge is 2.19. The van der Waals surface area contributed by atoms with E-state index in [-0.39, 0.29) is 5.78 Å². The number of ether oxygens (including phenoxy) is 2. The average molecular weight is 326 g/mol. The molecular formula is C17H14N2O3S. The first-order valence-electron chi connectivity index (χ1n) is 6.88. The van der Waals surface area contributed by atoms with Gasteiger partial charge in [0.05, 0.1) is 25.9 Å². The van der Waals surface area contributed by atoms with Crippen LogP contribution in [0.25, 0.3) is 11.3 Å². The van der Waals surface area contributed by atoms with Crippen molar-refractivity contribution in [1.82, 2.24) is 8.75 Å². The number of aromatic nitrogens is 2. The second-order valence-electron chi connectivity index (χ2n) is 4.75. The van der Waals surface area contributed by atoms with Crippen molar-refractivity contribution in [2.75, 3.05) is 14.2 Å². The summed E-state index contributed by atoms with van der Waals surface area (Å²) in [4.78, 5) is 12.7. The number of carbonyl (C=O) groups is 1. The molecule has 0 bridgehead atoms. The first-order valence-corrected chi connectivity index (χ1v) is 7.61. The normalized spacial score (nSPS) is 10.3. The fourth-order valence-corrected chi connectivity index (χ4v) is 2.72. The van der Waals surface area contributed by atoms with Crippen molar-refractivity contribution in [3.63, 3.8) is 0 Å². The zero-order valence-corrected chi connectivity index (χ0v) is 13.5. The molecule has 2 aromatic carbocycles. The van der Waals surface area contributed by atoms with E-state index in [0.717, 1.165) is 23.0 Å². The van der Waals surface area contributed by atoms with Gasteiger partial charge in [-0.25, -0.2) is 0 Å². The third kappa shape index (κ3) is 3.07. The standard InChI is InChI=1S/C17H14N2O3S/c1-21-13-7-3-11(4-8-13)15-16(19-23-18-15)17(20)12-5-9-14(22-2)10-6-12/h3-10H,1-2H3. The van der Waals surface area contributed by atoms with Crippen molar-refractivity contribution in [3.8, 4) is 22.8 Å². The van der Waals surface area contributed by atoms with E-state index in [9.17, 15) is 4.79 Å². The first-order chi connectivity index (χ1) is 11.2. The smallest absolute Gasteiger partial charge is 0.214 e. The number of ketones is 1. The van der Waals surface area contributed by atoms with E-state index < -0.39 is 0 Å². The van der Waals surface area contributed by atoms with Gasteiger partial charge in [-0.2, -0.15) is 8.75 Å². The maximum atomic E-state index is 12.7. The van der Waals surface area contributed by atoms with Crippen LogP contribution >= 0.6 is 11.7 Å². The van der Waals surface area contributed by atoms with Crippen molar-refractivity contribution in [1.29, 1.82) is 0 Å². The third-order valence-electron chi connectivity index (χ3n) is 3.42. The van der Waals surface area contributed by atoms with Gasteiger partial charge in [0.2, 0.25) is 5.78 Å². The molecule has 0 aliphatic heterocycles.